The van der Waals surface area contributed by atoms with E-state index >= 15 is 0 Å². The fraction of sp³-hybridized carbons (Fsp3) is 0.391. The lowest BCUT2D eigenvalue weighted by Crippen LogP contribution is -2.44. The third-order valence-electron chi connectivity index (χ3n) is 5.74. The van der Waals surface area contributed by atoms with Crippen molar-refractivity contribution in [1.29, 1.82) is 0 Å². The molecule has 2 heterocycles. The Balaban J connectivity index is 1.45. The first kappa shape index (κ1) is 21.6. The number of rotatable bonds is 4. The highest BCUT2D eigenvalue weighted by atomic mass is 35.5. The van der Waals surface area contributed by atoms with Crippen molar-refractivity contribution in [3.8, 4) is 0 Å². The van der Waals surface area contributed by atoms with Gasteiger partial charge in [0.1, 0.15) is 5.82 Å². The first-order valence-electron chi connectivity index (χ1n) is 10.5. The fourth-order valence-corrected chi connectivity index (χ4v) is 4.25. The summed E-state index contributed by atoms with van der Waals surface area (Å²) in [4.78, 5) is 29.7. The number of likely N-dealkylation sites (tertiary alicyclic amines) is 1. The van der Waals surface area contributed by atoms with Crippen molar-refractivity contribution in [2.75, 3.05) is 49.6 Å². The van der Waals surface area contributed by atoms with E-state index in [9.17, 15) is 14.0 Å². The number of hydrogen-bond acceptors (Lipinski definition) is 4. The normalized spacial score (nSPS) is 19.2. The highest BCUT2D eigenvalue weighted by Crippen LogP contribution is 2.31. The van der Waals surface area contributed by atoms with Gasteiger partial charge in [0.15, 0.2) is 0 Å². The molecule has 2 saturated heterocycles. The molecule has 2 fully saturated rings. The summed E-state index contributed by atoms with van der Waals surface area (Å²) in [5.74, 6) is -1.03. The molecule has 0 aliphatic carbocycles. The third-order valence-corrected chi connectivity index (χ3v) is 5.97. The molecular formula is C23H25ClFN3O3. The van der Waals surface area contributed by atoms with E-state index in [1.807, 2.05) is 12.1 Å². The summed E-state index contributed by atoms with van der Waals surface area (Å²) in [6.45, 7) is 3.67. The Morgan fingerprint density at radius 1 is 1.06 bits per heavy atom. The predicted octanol–water partition coefficient (Wildman–Crippen LogP) is 3.81. The van der Waals surface area contributed by atoms with Crippen LogP contribution in [0.1, 0.15) is 23.2 Å². The predicted molar refractivity (Wildman–Crippen MR) is 118 cm³/mol. The van der Waals surface area contributed by atoms with Gasteiger partial charge in [0.2, 0.25) is 5.91 Å². The molecule has 1 unspecified atom stereocenters. The third kappa shape index (κ3) is 5.17. The number of carbonyl (C=O) groups is 2. The van der Waals surface area contributed by atoms with Crippen molar-refractivity contribution in [1.82, 2.24) is 4.90 Å². The van der Waals surface area contributed by atoms with Crippen LogP contribution in [0.3, 0.4) is 0 Å². The first-order valence-corrected chi connectivity index (χ1v) is 10.9. The minimum absolute atomic E-state index is 0.131. The van der Waals surface area contributed by atoms with E-state index < -0.39 is 0 Å². The lowest BCUT2D eigenvalue weighted by Gasteiger charge is -2.33. The summed E-state index contributed by atoms with van der Waals surface area (Å²) < 4.78 is 18.6. The molecule has 0 spiro atoms. The van der Waals surface area contributed by atoms with E-state index in [4.69, 9.17) is 16.3 Å². The maximum absolute atomic E-state index is 13.2. The summed E-state index contributed by atoms with van der Waals surface area (Å²) in [6.07, 6.45) is 1.43. The lowest BCUT2D eigenvalue weighted by atomic mass is 9.96. The Kier molecular flexibility index (Phi) is 6.73. The fourth-order valence-electron chi connectivity index (χ4n) is 4.07. The maximum Gasteiger partial charge on any atom is 0.253 e. The van der Waals surface area contributed by atoms with Crippen LogP contribution in [0, 0.1) is 11.7 Å². The molecule has 6 nitrogen and oxygen atoms in total. The van der Waals surface area contributed by atoms with E-state index in [0.717, 1.165) is 25.2 Å². The Morgan fingerprint density at radius 3 is 2.55 bits per heavy atom. The molecule has 2 amide bonds. The number of halogens is 2. The molecule has 4 rings (SSSR count). The van der Waals surface area contributed by atoms with Crippen LogP contribution in [0.15, 0.2) is 42.5 Å². The Labute approximate surface area is 185 Å². The van der Waals surface area contributed by atoms with Crippen molar-refractivity contribution >= 4 is 34.8 Å². The zero-order valence-electron chi connectivity index (χ0n) is 17.2. The second-order valence-corrected chi connectivity index (χ2v) is 8.28. The molecule has 1 atom stereocenters. The highest BCUT2D eigenvalue weighted by Gasteiger charge is 2.29. The zero-order chi connectivity index (χ0) is 21.8. The van der Waals surface area contributed by atoms with Gasteiger partial charge in [0.05, 0.1) is 30.5 Å². The minimum atomic E-state index is -0.384. The van der Waals surface area contributed by atoms with E-state index in [-0.39, 0.29) is 23.5 Å². The van der Waals surface area contributed by atoms with Gasteiger partial charge in [0, 0.05) is 36.8 Å². The number of carbonyl (C=O) groups excluding carboxylic acids is 2. The number of nitrogens with zero attached hydrogens (tertiary/aromatic N) is 2. The average Bonchev–Trinajstić information content (AvgIpc) is 2.80. The monoisotopic (exact) mass is 445 g/mol. The molecule has 0 saturated carbocycles. The molecule has 164 valence electrons. The molecule has 2 aliphatic rings. The van der Waals surface area contributed by atoms with Crippen LogP contribution in [-0.4, -0.2) is 56.1 Å². The quantitative estimate of drug-likeness (QED) is 0.777. The SMILES string of the molecule is O=C(Nc1cc(Cl)ccc1N1CCOCC1)C1CCCN(C(=O)c2ccc(F)cc2)C1. The number of ether oxygens (including phenoxy) is 1. The molecule has 8 heteroatoms. The molecule has 31 heavy (non-hydrogen) atoms. The second-order valence-electron chi connectivity index (χ2n) is 7.85. The van der Waals surface area contributed by atoms with Gasteiger partial charge < -0.3 is 19.9 Å². The van der Waals surface area contributed by atoms with Crippen LogP contribution in [0.25, 0.3) is 0 Å². The van der Waals surface area contributed by atoms with Crippen molar-refractivity contribution in [3.05, 3.63) is 58.9 Å². The molecule has 2 aromatic carbocycles. The number of morpholine rings is 1. The van der Waals surface area contributed by atoms with E-state index in [2.05, 4.69) is 10.2 Å². The summed E-state index contributed by atoms with van der Waals surface area (Å²) in [5.41, 5.74) is 2.00. The van der Waals surface area contributed by atoms with Crippen LogP contribution in [0.5, 0.6) is 0 Å². The van der Waals surface area contributed by atoms with E-state index in [1.54, 1.807) is 11.0 Å². The van der Waals surface area contributed by atoms with Crippen molar-refractivity contribution in [2.24, 2.45) is 5.92 Å². The molecule has 0 radical (unpaired) electrons. The standard InChI is InChI=1S/C23H25ClFN3O3/c24-18-5-8-21(27-10-12-31-13-11-27)20(14-18)26-22(29)17-2-1-9-28(15-17)23(30)16-3-6-19(25)7-4-16/h3-8,14,17H,1-2,9-13,15H2,(H,26,29). The molecule has 2 aromatic rings. The van der Waals surface area contributed by atoms with Crippen LogP contribution in [-0.2, 0) is 9.53 Å². The molecule has 0 aromatic heterocycles. The molecule has 0 bridgehead atoms. The van der Waals surface area contributed by atoms with Crippen LogP contribution >= 0.6 is 11.6 Å². The zero-order valence-corrected chi connectivity index (χ0v) is 17.9. The number of nitrogens with one attached hydrogen (secondary N) is 1. The van der Waals surface area contributed by atoms with Crippen molar-refractivity contribution in [3.63, 3.8) is 0 Å². The second kappa shape index (κ2) is 9.66. The van der Waals surface area contributed by atoms with Crippen LogP contribution < -0.4 is 10.2 Å². The van der Waals surface area contributed by atoms with Gasteiger partial charge in [-0.25, -0.2) is 4.39 Å². The van der Waals surface area contributed by atoms with Gasteiger partial charge in [-0.2, -0.15) is 0 Å². The summed E-state index contributed by atoms with van der Waals surface area (Å²) in [6, 6.07) is 11.0. The molecule has 2 aliphatic heterocycles. The number of anilines is 2. The van der Waals surface area contributed by atoms with E-state index in [0.29, 0.717) is 49.0 Å². The Morgan fingerprint density at radius 2 is 1.81 bits per heavy atom. The number of piperidine rings is 1. The van der Waals surface area contributed by atoms with Crippen molar-refractivity contribution in [2.45, 2.75) is 12.8 Å². The van der Waals surface area contributed by atoms with Crippen molar-refractivity contribution < 1.29 is 18.7 Å². The number of hydrogen-bond donors (Lipinski definition) is 1. The minimum Gasteiger partial charge on any atom is -0.378 e. The highest BCUT2D eigenvalue weighted by molar-refractivity contribution is 6.31. The summed E-state index contributed by atoms with van der Waals surface area (Å²) in [7, 11) is 0. The van der Waals surface area contributed by atoms with Gasteiger partial charge in [-0.3, -0.25) is 9.59 Å². The van der Waals surface area contributed by atoms with Crippen LogP contribution in [0.4, 0.5) is 15.8 Å². The first-order chi connectivity index (χ1) is 15.0. The van der Waals surface area contributed by atoms with Gasteiger partial charge in [-0.1, -0.05) is 11.6 Å². The summed E-state index contributed by atoms with van der Waals surface area (Å²) >= 11 is 6.19. The van der Waals surface area contributed by atoms with Gasteiger partial charge >= 0.3 is 0 Å². The summed E-state index contributed by atoms with van der Waals surface area (Å²) in [5, 5.41) is 3.58. The smallest absolute Gasteiger partial charge is 0.253 e. The Hall–Kier alpha value is -2.64. The molecule has 1 N–H and O–H groups in total. The topological polar surface area (TPSA) is 61.9 Å². The van der Waals surface area contributed by atoms with Crippen LogP contribution in [0.2, 0.25) is 5.02 Å². The number of benzene rings is 2. The van der Waals surface area contributed by atoms with Gasteiger partial charge in [-0.05, 0) is 55.3 Å². The van der Waals surface area contributed by atoms with Gasteiger partial charge in [-0.15, -0.1) is 0 Å². The van der Waals surface area contributed by atoms with E-state index in [1.165, 1.54) is 24.3 Å². The number of amides is 2. The largest absolute Gasteiger partial charge is 0.378 e. The average molecular weight is 446 g/mol. The molecular weight excluding hydrogens is 421 g/mol. The Bertz CT molecular complexity index is 948. The maximum atomic E-state index is 13.2. The lowest BCUT2D eigenvalue weighted by molar-refractivity contribution is -0.121. The van der Waals surface area contributed by atoms with Gasteiger partial charge in [0.25, 0.3) is 5.91 Å².